The molecule has 2 aromatic heterocycles. The van der Waals surface area contributed by atoms with E-state index in [4.69, 9.17) is 11.6 Å². The molecule has 0 radical (unpaired) electrons. The lowest BCUT2D eigenvalue weighted by atomic mass is 10.0. The van der Waals surface area contributed by atoms with Crippen molar-refractivity contribution in [2.75, 3.05) is 7.11 Å². The van der Waals surface area contributed by atoms with E-state index in [1.165, 1.54) is 13.3 Å². The number of hydrogen-bond donors (Lipinski definition) is 3. The number of aliphatic hydroxyl groups excluding tert-OH is 1. The summed E-state index contributed by atoms with van der Waals surface area (Å²) < 4.78 is 4.61. The average Bonchev–Trinajstić information content (AvgIpc) is 3.10. The Morgan fingerprint density at radius 3 is 2.74 bits per heavy atom. The molecular weight excluding hydrogens is 370 g/mol. The maximum Gasteiger partial charge on any atom is 0.336 e. The average molecular weight is 388 g/mol. The predicted octanol–water partition coefficient (Wildman–Crippen LogP) is 2.09. The number of aliphatic hydroxyl groups is 1. The highest BCUT2D eigenvalue weighted by molar-refractivity contribution is 6.30. The molecule has 140 valence electrons. The molecule has 0 bridgehead atoms. The summed E-state index contributed by atoms with van der Waals surface area (Å²) >= 11 is 5.86. The van der Waals surface area contributed by atoms with Gasteiger partial charge in [-0.3, -0.25) is 4.79 Å². The standard InChI is InChI=1S/C19H18ClN3O4/c1-27-19(26)17(24)13(7-11-5-3-2-4-6-11)23-18(25)14-8-12-9-16(20)21-10-15(12)22-14/h2-6,8-10,13,17,22,24H,7H2,1H3,(H,23,25)/t13-,17+/m1/s1. The molecule has 0 aliphatic heterocycles. The Morgan fingerprint density at radius 2 is 2.04 bits per heavy atom. The Hall–Kier alpha value is -2.90. The highest BCUT2D eigenvalue weighted by Gasteiger charge is 2.29. The molecule has 3 rings (SSSR count). The fraction of sp³-hybridized carbons (Fsp3) is 0.211. The van der Waals surface area contributed by atoms with Crippen molar-refractivity contribution < 1.29 is 19.4 Å². The van der Waals surface area contributed by atoms with Crippen molar-refractivity contribution in [3.8, 4) is 0 Å². The zero-order valence-electron chi connectivity index (χ0n) is 14.5. The third kappa shape index (κ3) is 4.45. The number of carbonyl (C=O) groups excluding carboxylic acids is 2. The number of aromatic amines is 1. The van der Waals surface area contributed by atoms with E-state index in [-0.39, 0.29) is 12.1 Å². The first kappa shape index (κ1) is 18.9. The molecule has 8 heteroatoms. The van der Waals surface area contributed by atoms with E-state index in [1.807, 2.05) is 30.3 Å². The second kappa shape index (κ2) is 8.20. The van der Waals surface area contributed by atoms with Crippen molar-refractivity contribution >= 4 is 34.4 Å². The number of fused-ring (bicyclic) bond motifs is 1. The lowest BCUT2D eigenvalue weighted by Crippen LogP contribution is -2.48. The van der Waals surface area contributed by atoms with Crippen LogP contribution in [0.5, 0.6) is 0 Å². The Labute approximate surface area is 160 Å². The number of halogens is 1. The van der Waals surface area contributed by atoms with Crippen molar-refractivity contribution in [2.45, 2.75) is 18.6 Å². The van der Waals surface area contributed by atoms with Crippen molar-refractivity contribution in [1.82, 2.24) is 15.3 Å². The summed E-state index contributed by atoms with van der Waals surface area (Å²) in [5, 5.41) is 14.0. The van der Waals surface area contributed by atoms with E-state index in [0.717, 1.165) is 10.9 Å². The van der Waals surface area contributed by atoms with Gasteiger partial charge in [-0.1, -0.05) is 41.9 Å². The number of methoxy groups -OCH3 is 1. The van der Waals surface area contributed by atoms with Crippen molar-refractivity contribution in [3.05, 3.63) is 65.1 Å². The molecule has 3 aromatic rings. The van der Waals surface area contributed by atoms with Gasteiger partial charge in [-0.15, -0.1) is 0 Å². The minimum atomic E-state index is -1.50. The molecule has 2 atom stereocenters. The summed E-state index contributed by atoms with van der Waals surface area (Å²) in [6, 6.07) is 11.6. The van der Waals surface area contributed by atoms with Crippen LogP contribution in [-0.2, 0) is 16.0 Å². The number of benzene rings is 1. The predicted molar refractivity (Wildman–Crippen MR) is 101 cm³/mol. The molecule has 2 heterocycles. The quantitative estimate of drug-likeness (QED) is 0.444. The number of amides is 1. The molecule has 0 saturated heterocycles. The number of carbonyl (C=O) groups is 2. The summed E-state index contributed by atoms with van der Waals surface area (Å²) in [6.07, 6.45) is 0.287. The van der Waals surface area contributed by atoms with Crippen LogP contribution in [0.15, 0.2) is 48.7 Å². The Kier molecular flexibility index (Phi) is 5.73. The number of H-pyrrole nitrogens is 1. The fourth-order valence-corrected chi connectivity index (χ4v) is 2.93. The monoisotopic (exact) mass is 387 g/mol. The minimum absolute atomic E-state index is 0.260. The lowest BCUT2D eigenvalue weighted by molar-refractivity contribution is -0.151. The van der Waals surface area contributed by atoms with Crippen LogP contribution in [0.2, 0.25) is 5.15 Å². The zero-order chi connectivity index (χ0) is 19.4. The Morgan fingerprint density at radius 1 is 1.30 bits per heavy atom. The second-order valence-corrected chi connectivity index (χ2v) is 6.40. The van der Waals surface area contributed by atoms with Crippen molar-refractivity contribution in [2.24, 2.45) is 0 Å². The van der Waals surface area contributed by atoms with Crippen LogP contribution in [0, 0.1) is 0 Å². The van der Waals surface area contributed by atoms with E-state index < -0.39 is 24.0 Å². The molecule has 27 heavy (non-hydrogen) atoms. The van der Waals surface area contributed by atoms with Gasteiger partial charge in [-0.2, -0.15) is 0 Å². The van der Waals surface area contributed by atoms with Gasteiger partial charge in [0.2, 0.25) is 0 Å². The molecule has 7 nitrogen and oxygen atoms in total. The maximum absolute atomic E-state index is 12.7. The first-order chi connectivity index (χ1) is 13.0. The number of ether oxygens (including phenoxy) is 1. The van der Waals surface area contributed by atoms with E-state index in [9.17, 15) is 14.7 Å². The third-order valence-electron chi connectivity index (χ3n) is 4.16. The molecule has 1 amide bonds. The molecule has 0 fully saturated rings. The SMILES string of the molecule is COC(=O)[C@@H](O)[C@@H](Cc1ccccc1)NC(=O)c1cc2cc(Cl)ncc2[nH]1. The maximum atomic E-state index is 12.7. The second-order valence-electron chi connectivity index (χ2n) is 6.01. The van der Waals surface area contributed by atoms with E-state index >= 15 is 0 Å². The molecule has 0 saturated carbocycles. The van der Waals surface area contributed by atoms with E-state index in [0.29, 0.717) is 10.7 Å². The summed E-state index contributed by atoms with van der Waals surface area (Å²) in [6.45, 7) is 0. The Balaban J connectivity index is 1.82. The minimum Gasteiger partial charge on any atom is -0.467 e. The normalized spacial score (nSPS) is 13.1. The first-order valence-electron chi connectivity index (χ1n) is 8.23. The summed E-state index contributed by atoms with van der Waals surface area (Å²) in [5.41, 5.74) is 1.78. The van der Waals surface area contributed by atoms with Crippen LogP contribution in [0.25, 0.3) is 10.9 Å². The van der Waals surface area contributed by atoms with E-state index in [2.05, 4.69) is 20.0 Å². The molecule has 1 aromatic carbocycles. The molecular formula is C19H18ClN3O4. The summed E-state index contributed by atoms with van der Waals surface area (Å²) in [5.74, 6) is -1.28. The summed E-state index contributed by atoms with van der Waals surface area (Å²) in [4.78, 5) is 31.3. The van der Waals surface area contributed by atoms with Crippen molar-refractivity contribution in [1.29, 1.82) is 0 Å². The third-order valence-corrected chi connectivity index (χ3v) is 4.36. The number of hydrogen-bond acceptors (Lipinski definition) is 5. The number of nitrogens with one attached hydrogen (secondary N) is 2. The highest BCUT2D eigenvalue weighted by atomic mass is 35.5. The van der Waals surface area contributed by atoms with Crippen LogP contribution in [0.4, 0.5) is 0 Å². The molecule has 3 N–H and O–H groups in total. The fourth-order valence-electron chi connectivity index (χ4n) is 2.77. The zero-order valence-corrected chi connectivity index (χ0v) is 15.2. The van der Waals surface area contributed by atoms with Gasteiger partial charge in [0.15, 0.2) is 6.10 Å². The van der Waals surface area contributed by atoms with Crippen LogP contribution in [0.1, 0.15) is 16.1 Å². The van der Waals surface area contributed by atoms with Crippen LogP contribution in [0.3, 0.4) is 0 Å². The van der Waals surface area contributed by atoms with Crippen LogP contribution >= 0.6 is 11.6 Å². The van der Waals surface area contributed by atoms with Crippen LogP contribution in [-0.4, -0.2) is 46.2 Å². The summed E-state index contributed by atoms with van der Waals surface area (Å²) in [7, 11) is 1.18. The number of nitrogens with zero attached hydrogens (tertiary/aromatic N) is 1. The van der Waals surface area contributed by atoms with Gasteiger partial charge in [0.25, 0.3) is 5.91 Å². The highest BCUT2D eigenvalue weighted by Crippen LogP contribution is 2.18. The molecule has 0 aliphatic rings. The van der Waals surface area contributed by atoms with Gasteiger partial charge < -0.3 is 20.1 Å². The van der Waals surface area contributed by atoms with Gasteiger partial charge in [0.05, 0.1) is 24.9 Å². The molecule has 0 spiro atoms. The van der Waals surface area contributed by atoms with Gasteiger partial charge in [0, 0.05) is 5.39 Å². The van der Waals surface area contributed by atoms with Gasteiger partial charge in [-0.05, 0) is 24.1 Å². The van der Waals surface area contributed by atoms with Gasteiger partial charge >= 0.3 is 5.97 Å². The number of rotatable bonds is 6. The topological polar surface area (TPSA) is 104 Å². The number of aromatic nitrogens is 2. The smallest absolute Gasteiger partial charge is 0.336 e. The van der Waals surface area contributed by atoms with E-state index in [1.54, 1.807) is 12.1 Å². The van der Waals surface area contributed by atoms with Gasteiger partial charge in [0.1, 0.15) is 10.8 Å². The first-order valence-corrected chi connectivity index (χ1v) is 8.60. The Bertz CT molecular complexity index is 958. The van der Waals surface area contributed by atoms with Gasteiger partial charge in [-0.25, -0.2) is 9.78 Å². The number of pyridine rings is 1. The van der Waals surface area contributed by atoms with Crippen molar-refractivity contribution in [3.63, 3.8) is 0 Å². The molecule has 0 aliphatic carbocycles. The molecule has 0 unspecified atom stereocenters. The lowest BCUT2D eigenvalue weighted by Gasteiger charge is -2.22. The van der Waals surface area contributed by atoms with Crippen LogP contribution < -0.4 is 5.32 Å². The largest absolute Gasteiger partial charge is 0.467 e. The number of esters is 1.